The molecule has 11 heteroatoms. The molecule has 152 valence electrons. The molecular formula is C17H23N4O7+. The minimum Gasteiger partial charge on any atom is -0.463 e. The van der Waals surface area contributed by atoms with Crippen molar-refractivity contribution in [2.24, 2.45) is 0 Å². The second-order valence-electron chi connectivity index (χ2n) is 7.13. The zero-order valence-corrected chi connectivity index (χ0v) is 16.6. The van der Waals surface area contributed by atoms with E-state index in [1.54, 1.807) is 27.7 Å². The van der Waals surface area contributed by atoms with Gasteiger partial charge in [-0.25, -0.2) is 9.37 Å². The monoisotopic (exact) mass is 395 g/mol. The average Bonchev–Trinajstić information content (AvgIpc) is 2.86. The number of pyridine rings is 1. The van der Waals surface area contributed by atoms with E-state index < -0.39 is 34.1 Å². The molecule has 0 fully saturated rings. The summed E-state index contributed by atoms with van der Waals surface area (Å²) in [7, 11) is 2.67. The molecular weight excluding hydrogens is 372 g/mol. The van der Waals surface area contributed by atoms with Crippen molar-refractivity contribution in [2.45, 2.75) is 39.0 Å². The molecule has 2 heterocycles. The van der Waals surface area contributed by atoms with E-state index in [0.29, 0.717) is 5.84 Å². The first-order chi connectivity index (χ1) is 12.9. The number of rotatable bonds is 4. The maximum absolute atomic E-state index is 12.7. The number of carbonyl (C=O) groups is 2. The number of hydrogen-bond donors (Lipinski definition) is 0. The zero-order valence-electron chi connectivity index (χ0n) is 16.6. The molecule has 0 N–H and O–H groups in total. The summed E-state index contributed by atoms with van der Waals surface area (Å²) in [4.78, 5) is 40.7. The molecule has 11 nitrogen and oxygen atoms in total. The number of nitro groups is 1. The van der Waals surface area contributed by atoms with Crippen LogP contribution in [0.3, 0.4) is 0 Å². The summed E-state index contributed by atoms with van der Waals surface area (Å²) >= 11 is 0. The molecule has 0 radical (unpaired) electrons. The summed E-state index contributed by atoms with van der Waals surface area (Å²) < 4.78 is 17.4. The lowest BCUT2D eigenvalue weighted by Crippen LogP contribution is -2.55. The Kier molecular flexibility index (Phi) is 5.57. The van der Waals surface area contributed by atoms with Crippen molar-refractivity contribution in [2.75, 3.05) is 20.7 Å². The predicted molar refractivity (Wildman–Crippen MR) is 96.1 cm³/mol. The maximum atomic E-state index is 12.7. The number of esters is 1. The van der Waals surface area contributed by atoms with Gasteiger partial charge in [0, 0.05) is 6.92 Å². The fourth-order valence-corrected chi connectivity index (χ4v) is 2.68. The second-order valence-corrected chi connectivity index (χ2v) is 7.13. The number of ether oxygens (including phenoxy) is 3. The van der Waals surface area contributed by atoms with E-state index in [0.717, 1.165) is 7.11 Å². The van der Waals surface area contributed by atoms with Gasteiger partial charge in [0.2, 0.25) is 5.75 Å². The van der Waals surface area contributed by atoms with Crippen LogP contribution in [0.15, 0.2) is 18.3 Å². The van der Waals surface area contributed by atoms with Crippen LogP contribution in [0, 0.1) is 10.1 Å². The topological polar surface area (TPSA) is 124 Å². The third-order valence-corrected chi connectivity index (χ3v) is 4.11. The van der Waals surface area contributed by atoms with Crippen molar-refractivity contribution in [3.05, 3.63) is 28.4 Å². The minimum absolute atomic E-state index is 0.233. The number of hydrogen-bond acceptors (Lipinski definition) is 8. The Morgan fingerprint density at radius 2 is 2.04 bits per heavy atom. The highest BCUT2D eigenvalue weighted by molar-refractivity contribution is 5.95. The molecule has 2 rings (SSSR count). The molecule has 0 saturated carbocycles. The van der Waals surface area contributed by atoms with Crippen LogP contribution >= 0.6 is 0 Å². The first-order valence-electron chi connectivity index (χ1n) is 8.37. The van der Waals surface area contributed by atoms with Crippen molar-refractivity contribution < 1.29 is 33.3 Å². The molecule has 0 aromatic carbocycles. The van der Waals surface area contributed by atoms with Crippen LogP contribution in [0.25, 0.3) is 0 Å². The minimum atomic E-state index is -1.84. The van der Waals surface area contributed by atoms with E-state index in [1.165, 1.54) is 34.9 Å². The number of methoxy groups -OCH3 is 1. The van der Waals surface area contributed by atoms with Gasteiger partial charge in [0.15, 0.2) is 6.54 Å². The van der Waals surface area contributed by atoms with Crippen molar-refractivity contribution >= 4 is 23.7 Å². The van der Waals surface area contributed by atoms with E-state index in [-0.39, 0.29) is 12.3 Å². The summed E-state index contributed by atoms with van der Waals surface area (Å²) in [6.45, 7) is 6.44. The summed E-state index contributed by atoms with van der Waals surface area (Å²) in [5.41, 5.74) is -2.60. The molecule has 0 aliphatic carbocycles. The van der Waals surface area contributed by atoms with Gasteiger partial charge in [0.25, 0.3) is 5.84 Å². The Morgan fingerprint density at radius 1 is 1.39 bits per heavy atom. The zero-order chi connectivity index (χ0) is 21.3. The highest BCUT2D eigenvalue weighted by Crippen LogP contribution is 2.32. The fraction of sp³-hybridized carbons (Fsp3) is 0.529. The van der Waals surface area contributed by atoms with Gasteiger partial charge in [-0.1, -0.05) is 0 Å². The molecule has 1 aromatic rings. The van der Waals surface area contributed by atoms with Gasteiger partial charge in [-0.3, -0.25) is 0 Å². The third-order valence-electron chi connectivity index (χ3n) is 4.11. The maximum Gasteiger partial charge on any atom is 0.507 e. The Hall–Kier alpha value is -3.24. The number of likely N-dealkylation sites (N-methyl/N-ethyl adjacent to an activating group) is 1. The van der Waals surface area contributed by atoms with Gasteiger partial charge in [0.05, 0.1) is 14.2 Å². The quantitative estimate of drug-likeness (QED) is 0.325. The van der Waals surface area contributed by atoms with Gasteiger partial charge in [-0.2, -0.15) is 9.69 Å². The van der Waals surface area contributed by atoms with Crippen LogP contribution < -0.4 is 4.74 Å². The first-order valence-corrected chi connectivity index (χ1v) is 8.37. The number of aromatic nitrogens is 1. The Bertz CT molecular complexity index is 846. The Labute approximate surface area is 161 Å². The molecule has 1 unspecified atom stereocenters. The molecule has 0 spiro atoms. The summed E-state index contributed by atoms with van der Waals surface area (Å²) in [5, 5.41) is 11.3. The SMILES string of the molecule is COC(=O)C1(Oc2cccnc2[N+](=O)[O-])CN(C(=O)OC(C)(C)C)C(C)=[N+]1C. The van der Waals surface area contributed by atoms with Gasteiger partial charge in [0.1, 0.15) is 11.8 Å². The van der Waals surface area contributed by atoms with Crippen molar-refractivity contribution in [3.63, 3.8) is 0 Å². The normalized spacial score (nSPS) is 19.4. The van der Waals surface area contributed by atoms with Crippen LogP contribution in [0.5, 0.6) is 5.75 Å². The average molecular weight is 395 g/mol. The lowest BCUT2D eigenvalue weighted by atomic mass is 10.2. The van der Waals surface area contributed by atoms with Crippen LogP contribution in [-0.2, 0) is 14.3 Å². The third kappa shape index (κ3) is 3.87. The lowest BCUT2D eigenvalue weighted by molar-refractivity contribution is -0.600. The van der Waals surface area contributed by atoms with Gasteiger partial charge in [-0.05, 0) is 42.8 Å². The number of amides is 1. The first kappa shape index (κ1) is 21.1. The summed E-state index contributed by atoms with van der Waals surface area (Å²) in [5.74, 6) is -1.28. The number of nitrogens with zero attached hydrogens (tertiary/aromatic N) is 4. The van der Waals surface area contributed by atoms with Crippen LogP contribution in [0.4, 0.5) is 10.6 Å². The van der Waals surface area contributed by atoms with E-state index in [9.17, 15) is 19.7 Å². The second kappa shape index (κ2) is 7.41. The van der Waals surface area contributed by atoms with Gasteiger partial charge < -0.3 is 24.3 Å². The Balaban J connectivity index is 2.49. The highest BCUT2D eigenvalue weighted by atomic mass is 16.6. The van der Waals surface area contributed by atoms with Crippen molar-refractivity contribution in [1.29, 1.82) is 0 Å². The summed E-state index contributed by atoms with van der Waals surface area (Å²) in [6, 6.07) is 2.75. The standard InChI is InChI=1S/C17H23N4O7/c1-11-19(5)17(14(22)26-6,10-20(11)15(23)28-16(2,3)4)27-12-8-7-9-18-13(12)21(24)25/h7-9H,10H2,1-6H3/q+1. The largest absolute Gasteiger partial charge is 0.507 e. The predicted octanol–water partition coefficient (Wildman–Crippen LogP) is 1.55. The molecule has 28 heavy (non-hydrogen) atoms. The molecule has 0 bridgehead atoms. The molecule has 1 atom stereocenters. The molecule has 1 aromatic heterocycles. The highest BCUT2D eigenvalue weighted by Gasteiger charge is 2.61. The van der Waals surface area contributed by atoms with Crippen LogP contribution in [-0.4, -0.2) is 69.3 Å². The molecule has 1 aliphatic rings. The van der Waals surface area contributed by atoms with E-state index in [2.05, 4.69) is 4.98 Å². The molecule has 0 saturated heterocycles. The van der Waals surface area contributed by atoms with Crippen LogP contribution in [0.1, 0.15) is 27.7 Å². The molecule has 1 amide bonds. The fourth-order valence-electron chi connectivity index (χ4n) is 2.68. The lowest BCUT2D eigenvalue weighted by Gasteiger charge is -2.25. The van der Waals surface area contributed by atoms with E-state index in [4.69, 9.17) is 14.2 Å². The van der Waals surface area contributed by atoms with Gasteiger partial charge in [-0.15, -0.1) is 0 Å². The van der Waals surface area contributed by atoms with E-state index >= 15 is 0 Å². The van der Waals surface area contributed by atoms with Crippen molar-refractivity contribution in [3.8, 4) is 5.75 Å². The van der Waals surface area contributed by atoms with Crippen molar-refractivity contribution in [1.82, 2.24) is 9.88 Å². The number of carbonyl (C=O) groups excluding carboxylic acids is 2. The summed E-state index contributed by atoms with van der Waals surface area (Å²) in [6.07, 6.45) is 0.547. The van der Waals surface area contributed by atoms with Gasteiger partial charge >= 0.3 is 23.6 Å². The smallest absolute Gasteiger partial charge is 0.463 e. The van der Waals surface area contributed by atoms with E-state index in [1.807, 2.05) is 0 Å². The number of amidine groups is 1. The Morgan fingerprint density at radius 3 is 2.57 bits per heavy atom. The molecule has 1 aliphatic heterocycles. The van der Waals surface area contributed by atoms with Crippen LogP contribution in [0.2, 0.25) is 0 Å².